The molecule has 0 saturated carbocycles. The zero-order chi connectivity index (χ0) is 25.2. The van der Waals surface area contributed by atoms with Crippen LogP contribution in [-0.4, -0.2) is 46.8 Å². The van der Waals surface area contributed by atoms with Crippen LogP contribution in [0.1, 0.15) is 34.3 Å². The number of rotatable bonds is 7. The number of aliphatic carboxylic acids is 1. The van der Waals surface area contributed by atoms with Gasteiger partial charge in [0.25, 0.3) is 0 Å². The Morgan fingerprint density at radius 1 is 1.00 bits per heavy atom. The number of carboxylic acids is 1. The van der Waals surface area contributed by atoms with E-state index in [2.05, 4.69) is 28.1 Å². The molecule has 1 saturated heterocycles. The molecule has 0 unspecified atom stereocenters. The van der Waals surface area contributed by atoms with Gasteiger partial charge in [0.05, 0.1) is 18.3 Å². The predicted molar refractivity (Wildman–Crippen MR) is 137 cm³/mol. The maximum absolute atomic E-state index is 13.1. The van der Waals surface area contributed by atoms with Crippen molar-refractivity contribution >= 4 is 34.9 Å². The summed E-state index contributed by atoms with van der Waals surface area (Å²) in [6.07, 6.45) is 1.77. The second kappa shape index (κ2) is 14.5. The molecule has 1 amide bonds. The van der Waals surface area contributed by atoms with Crippen LogP contribution in [0.15, 0.2) is 78.9 Å². The van der Waals surface area contributed by atoms with Gasteiger partial charge in [-0.25, -0.2) is 0 Å². The molecular weight excluding hydrogens is 524 g/mol. The minimum absolute atomic E-state index is 0. The summed E-state index contributed by atoms with van der Waals surface area (Å²) in [6.45, 7) is 1.33. The molecule has 4 rings (SSSR count). The number of ketones is 1. The van der Waals surface area contributed by atoms with Gasteiger partial charge in [0.2, 0.25) is 5.91 Å². The number of carbonyl (C=O) groups excluding carboxylic acids is 2. The van der Waals surface area contributed by atoms with Crippen LogP contribution in [0.5, 0.6) is 0 Å². The molecule has 3 aromatic rings. The molecule has 0 radical (unpaired) electrons. The fourth-order valence-corrected chi connectivity index (χ4v) is 4.08. The summed E-state index contributed by atoms with van der Waals surface area (Å²) in [7, 11) is 0. The fraction of sp³-hybridized carbons (Fsp3) is 0.222. The summed E-state index contributed by atoms with van der Waals surface area (Å²) in [5, 5.41) is 11.0. The van der Waals surface area contributed by atoms with Crippen molar-refractivity contribution in [1.82, 2.24) is 4.90 Å². The quantitative estimate of drug-likeness (QED) is 0.299. The number of halogens is 1. The molecule has 1 fully saturated rings. The first-order valence-corrected chi connectivity index (χ1v) is 11.7. The van der Waals surface area contributed by atoms with Crippen molar-refractivity contribution in [3.8, 4) is 0 Å². The molecule has 0 aliphatic carbocycles. The van der Waals surface area contributed by atoms with E-state index in [-0.39, 0.29) is 40.8 Å². The molecule has 1 atom stereocenters. The SMILES string of the molecule is NCC(=O)O.O=C(c1ccccc1)c1cc(Cl)ccc1NC(=O)[C@@H]1CCCN1Cc1ccccc1.[Ni]. The van der Waals surface area contributed by atoms with Gasteiger partial charge in [-0.3, -0.25) is 19.3 Å². The summed E-state index contributed by atoms with van der Waals surface area (Å²) in [6, 6.07) is 23.9. The standard InChI is InChI=1S/C25H23ClN2O2.C2H5NO2.Ni/c26-20-13-14-22(21(16-20)24(29)19-10-5-2-6-11-19)27-25(30)23-12-7-15-28(23)17-18-8-3-1-4-9-18;3-1-2(4)5;/h1-6,8-11,13-14,16,23H,7,12,15,17H2,(H,27,30);1,3H2,(H,4,5);/t23-;;/m0../s1. The van der Waals surface area contributed by atoms with Crippen LogP contribution >= 0.6 is 11.6 Å². The van der Waals surface area contributed by atoms with Gasteiger partial charge in [0.15, 0.2) is 5.78 Å². The van der Waals surface area contributed by atoms with E-state index in [1.807, 2.05) is 36.4 Å². The zero-order valence-electron chi connectivity index (χ0n) is 19.5. The third-order valence-corrected chi connectivity index (χ3v) is 5.82. The van der Waals surface area contributed by atoms with Crippen molar-refractivity contribution in [2.75, 3.05) is 18.4 Å². The largest absolute Gasteiger partial charge is 0.480 e. The topological polar surface area (TPSA) is 113 Å². The van der Waals surface area contributed by atoms with Crippen LogP contribution in [0.4, 0.5) is 5.69 Å². The van der Waals surface area contributed by atoms with Gasteiger partial charge < -0.3 is 16.2 Å². The van der Waals surface area contributed by atoms with Crippen LogP contribution < -0.4 is 11.1 Å². The Hall–Kier alpha value is -3.03. The second-order valence-corrected chi connectivity index (χ2v) is 8.52. The first kappa shape index (κ1) is 29.2. The van der Waals surface area contributed by atoms with Crippen LogP contribution in [0.2, 0.25) is 5.02 Å². The minimum atomic E-state index is -0.968. The number of hydrogen-bond acceptors (Lipinski definition) is 5. The van der Waals surface area contributed by atoms with Gasteiger partial charge in [-0.15, -0.1) is 0 Å². The number of likely N-dealkylation sites (tertiary alicyclic amines) is 1. The van der Waals surface area contributed by atoms with E-state index in [1.54, 1.807) is 30.3 Å². The van der Waals surface area contributed by atoms with Crippen molar-refractivity contribution in [2.24, 2.45) is 5.73 Å². The molecule has 4 N–H and O–H groups in total. The number of nitrogens with zero attached hydrogens (tertiary/aromatic N) is 1. The molecule has 3 aromatic carbocycles. The van der Waals surface area contributed by atoms with Crippen LogP contribution in [-0.2, 0) is 32.6 Å². The first-order chi connectivity index (χ1) is 16.9. The van der Waals surface area contributed by atoms with Crippen molar-refractivity contribution < 1.29 is 36.0 Å². The number of amides is 1. The number of nitrogens with one attached hydrogen (secondary N) is 1. The minimum Gasteiger partial charge on any atom is -0.480 e. The van der Waals surface area contributed by atoms with Gasteiger partial charge in [-0.05, 0) is 43.1 Å². The summed E-state index contributed by atoms with van der Waals surface area (Å²) in [5.41, 5.74) is 7.20. The molecule has 192 valence electrons. The van der Waals surface area contributed by atoms with Crippen molar-refractivity contribution in [3.05, 3.63) is 101 Å². The van der Waals surface area contributed by atoms with Crippen LogP contribution in [0.25, 0.3) is 0 Å². The van der Waals surface area contributed by atoms with Gasteiger partial charge >= 0.3 is 5.97 Å². The number of benzene rings is 3. The van der Waals surface area contributed by atoms with E-state index in [0.29, 0.717) is 21.8 Å². The van der Waals surface area contributed by atoms with E-state index >= 15 is 0 Å². The molecule has 36 heavy (non-hydrogen) atoms. The second-order valence-electron chi connectivity index (χ2n) is 8.09. The number of nitrogens with two attached hydrogens (primary N) is 1. The Kier molecular flexibility index (Phi) is 11.8. The monoisotopic (exact) mass is 551 g/mol. The van der Waals surface area contributed by atoms with Crippen LogP contribution in [0, 0.1) is 0 Å². The van der Waals surface area contributed by atoms with Crippen molar-refractivity contribution in [3.63, 3.8) is 0 Å². The van der Waals surface area contributed by atoms with E-state index in [0.717, 1.165) is 25.9 Å². The molecule has 1 aliphatic rings. The van der Waals surface area contributed by atoms with Gasteiger partial charge in [-0.1, -0.05) is 72.3 Å². The molecule has 0 bridgehead atoms. The third-order valence-electron chi connectivity index (χ3n) is 5.59. The summed E-state index contributed by atoms with van der Waals surface area (Å²) < 4.78 is 0. The normalized spacial score (nSPS) is 14.7. The van der Waals surface area contributed by atoms with E-state index < -0.39 is 5.97 Å². The first-order valence-electron chi connectivity index (χ1n) is 11.3. The number of carboxylic acid groups (broad SMARTS) is 1. The zero-order valence-corrected chi connectivity index (χ0v) is 21.3. The Bertz CT molecular complexity index is 1160. The molecule has 0 aromatic heterocycles. The Morgan fingerprint density at radius 2 is 1.61 bits per heavy atom. The number of carbonyl (C=O) groups is 3. The van der Waals surface area contributed by atoms with Gasteiger partial charge in [-0.2, -0.15) is 0 Å². The summed E-state index contributed by atoms with van der Waals surface area (Å²) >= 11 is 6.15. The molecular formula is C27H28ClN3NiO4. The maximum atomic E-state index is 13.1. The summed E-state index contributed by atoms with van der Waals surface area (Å²) in [5.74, 6) is -1.22. The smallest absolute Gasteiger partial charge is 0.317 e. The Morgan fingerprint density at radius 3 is 2.22 bits per heavy atom. The van der Waals surface area contributed by atoms with E-state index in [9.17, 15) is 14.4 Å². The van der Waals surface area contributed by atoms with Crippen molar-refractivity contribution in [1.29, 1.82) is 0 Å². The third kappa shape index (κ3) is 8.28. The molecule has 7 nitrogen and oxygen atoms in total. The average molecular weight is 553 g/mol. The maximum Gasteiger partial charge on any atom is 0.317 e. The summed E-state index contributed by atoms with van der Waals surface area (Å²) in [4.78, 5) is 37.6. The Labute approximate surface area is 225 Å². The molecule has 9 heteroatoms. The number of hydrogen-bond donors (Lipinski definition) is 3. The number of anilines is 1. The molecule has 1 heterocycles. The molecule has 0 spiro atoms. The average Bonchev–Trinajstić information content (AvgIpc) is 3.34. The fourth-order valence-electron chi connectivity index (χ4n) is 3.90. The van der Waals surface area contributed by atoms with Gasteiger partial charge in [0.1, 0.15) is 0 Å². The van der Waals surface area contributed by atoms with Gasteiger partial charge in [0, 0.05) is 39.2 Å². The van der Waals surface area contributed by atoms with Crippen molar-refractivity contribution in [2.45, 2.75) is 25.4 Å². The van der Waals surface area contributed by atoms with Crippen LogP contribution in [0.3, 0.4) is 0 Å². The Balaban J connectivity index is 0.000000694. The van der Waals surface area contributed by atoms with E-state index in [1.165, 1.54) is 5.56 Å². The van der Waals surface area contributed by atoms with E-state index in [4.69, 9.17) is 16.7 Å². The molecule has 1 aliphatic heterocycles. The predicted octanol–water partition coefficient (Wildman–Crippen LogP) is 4.20.